The van der Waals surface area contributed by atoms with E-state index in [2.05, 4.69) is 10.0 Å². The summed E-state index contributed by atoms with van der Waals surface area (Å²) in [6.45, 7) is 2.33. The van der Waals surface area contributed by atoms with E-state index in [0.717, 1.165) is 11.1 Å². The van der Waals surface area contributed by atoms with Crippen LogP contribution >= 0.6 is 0 Å². The summed E-state index contributed by atoms with van der Waals surface area (Å²) >= 11 is 0. The quantitative estimate of drug-likeness (QED) is 0.561. The molecule has 1 atom stereocenters. The number of rotatable bonds is 8. The Bertz CT molecular complexity index is 1130. The van der Waals surface area contributed by atoms with E-state index >= 15 is 0 Å². The van der Waals surface area contributed by atoms with E-state index in [0.29, 0.717) is 12.2 Å². The van der Waals surface area contributed by atoms with Crippen molar-refractivity contribution in [1.82, 2.24) is 10.2 Å². The van der Waals surface area contributed by atoms with Gasteiger partial charge in [-0.2, -0.15) is 0 Å². The molecule has 0 aliphatic heterocycles. The fourth-order valence-electron chi connectivity index (χ4n) is 3.21. The molecule has 31 heavy (non-hydrogen) atoms. The topological polar surface area (TPSA) is 78.5 Å². The van der Waals surface area contributed by atoms with Gasteiger partial charge >= 0.3 is 0 Å². The molecular formula is C24H27N3O3S. The van der Waals surface area contributed by atoms with Crippen LogP contribution in [0.1, 0.15) is 27.5 Å². The van der Waals surface area contributed by atoms with Gasteiger partial charge in [-0.25, -0.2) is 8.42 Å². The smallest absolute Gasteiger partial charge is 0.261 e. The van der Waals surface area contributed by atoms with Crippen LogP contribution in [-0.4, -0.2) is 39.9 Å². The van der Waals surface area contributed by atoms with E-state index in [9.17, 15) is 13.2 Å². The Morgan fingerprint density at radius 3 is 2.26 bits per heavy atom. The minimum atomic E-state index is -3.81. The minimum absolute atomic E-state index is 0.000249. The highest BCUT2D eigenvalue weighted by atomic mass is 32.2. The van der Waals surface area contributed by atoms with Crippen molar-refractivity contribution in [2.24, 2.45) is 0 Å². The Hall–Kier alpha value is -3.16. The Kier molecular flexibility index (Phi) is 7.09. The number of nitrogens with zero attached hydrogens (tertiary/aromatic N) is 1. The van der Waals surface area contributed by atoms with E-state index in [1.807, 2.05) is 68.4 Å². The van der Waals surface area contributed by atoms with Gasteiger partial charge in [0, 0.05) is 17.8 Å². The fraction of sp³-hybridized carbons (Fsp3) is 0.208. The van der Waals surface area contributed by atoms with Gasteiger partial charge in [0.15, 0.2) is 0 Å². The van der Waals surface area contributed by atoms with E-state index < -0.39 is 10.0 Å². The van der Waals surface area contributed by atoms with Crippen LogP contribution in [0.4, 0.5) is 5.69 Å². The molecule has 3 aromatic carbocycles. The second-order valence-electron chi connectivity index (χ2n) is 7.60. The summed E-state index contributed by atoms with van der Waals surface area (Å²) in [6, 6.07) is 23.0. The van der Waals surface area contributed by atoms with Gasteiger partial charge in [0.2, 0.25) is 0 Å². The molecule has 0 saturated heterocycles. The lowest BCUT2D eigenvalue weighted by molar-refractivity contribution is 0.0941. The molecule has 2 N–H and O–H groups in total. The number of nitrogens with one attached hydrogen (secondary N) is 2. The largest absolute Gasteiger partial charge is 0.350 e. The number of amides is 1. The van der Waals surface area contributed by atoms with Gasteiger partial charge in [-0.1, -0.05) is 54.1 Å². The number of hydrogen-bond acceptors (Lipinski definition) is 4. The van der Waals surface area contributed by atoms with Crippen LogP contribution in [0.2, 0.25) is 0 Å². The van der Waals surface area contributed by atoms with Crippen LogP contribution in [0.25, 0.3) is 0 Å². The Morgan fingerprint density at radius 1 is 0.935 bits per heavy atom. The average molecular weight is 438 g/mol. The molecule has 0 unspecified atom stereocenters. The van der Waals surface area contributed by atoms with Crippen LogP contribution in [0.3, 0.4) is 0 Å². The molecule has 0 aliphatic rings. The number of anilines is 1. The Labute approximate surface area is 184 Å². The van der Waals surface area contributed by atoms with Crippen LogP contribution in [0, 0.1) is 6.92 Å². The predicted molar refractivity (Wildman–Crippen MR) is 124 cm³/mol. The Morgan fingerprint density at radius 2 is 1.61 bits per heavy atom. The molecule has 0 radical (unpaired) electrons. The lowest BCUT2D eigenvalue weighted by Gasteiger charge is -2.25. The first-order valence-electron chi connectivity index (χ1n) is 9.95. The highest BCUT2D eigenvalue weighted by Gasteiger charge is 2.18. The first kappa shape index (κ1) is 22.5. The summed E-state index contributed by atoms with van der Waals surface area (Å²) < 4.78 is 28.1. The third-order valence-corrected chi connectivity index (χ3v) is 6.35. The summed E-state index contributed by atoms with van der Waals surface area (Å²) in [4.78, 5) is 14.8. The van der Waals surface area contributed by atoms with Crippen molar-refractivity contribution in [3.05, 3.63) is 95.6 Å². The zero-order chi connectivity index (χ0) is 22.4. The van der Waals surface area contributed by atoms with E-state index in [1.165, 1.54) is 12.1 Å². The molecule has 0 spiro atoms. The minimum Gasteiger partial charge on any atom is -0.350 e. The van der Waals surface area contributed by atoms with Crippen molar-refractivity contribution in [2.75, 3.05) is 25.4 Å². The van der Waals surface area contributed by atoms with Crippen molar-refractivity contribution >= 4 is 21.6 Å². The van der Waals surface area contributed by atoms with E-state index in [4.69, 9.17) is 0 Å². The van der Waals surface area contributed by atoms with Crippen molar-refractivity contribution in [3.8, 4) is 0 Å². The second-order valence-corrected chi connectivity index (χ2v) is 9.28. The summed E-state index contributed by atoms with van der Waals surface area (Å²) in [6.07, 6.45) is 0. The number of benzene rings is 3. The maximum atomic E-state index is 12.8. The van der Waals surface area contributed by atoms with Crippen LogP contribution in [0.5, 0.6) is 0 Å². The molecule has 7 heteroatoms. The predicted octanol–water partition coefficient (Wildman–Crippen LogP) is 3.83. The molecule has 0 heterocycles. The van der Waals surface area contributed by atoms with Gasteiger partial charge in [0.25, 0.3) is 15.9 Å². The first-order valence-corrected chi connectivity index (χ1v) is 11.4. The zero-order valence-corrected chi connectivity index (χ0v) is 18.7. The van der Waals surface area contributed by atoms with Crippen LogP contribution in [0.15, 0.2) is 83.8 Å². The number of carbonyl (C=O) groups excluding carboxylic acids is 1. The number of carbonyl (C=O) groups is 1. The van der Waals surface area contributed by atoms with Crippen molar-refractivity contribution < 1.29 is 13.2 Å². The molecule has 0 saturated carbocycles. The second kappa shape index (κ2) is 9.76. The standard InChI is InChI=1S/C24H27N3O3S/c1-18-12-14-21(15-13-18)26-31(29,30)22-11-7-10-20(16-22)24(28)25-17-23(27(2)3)19-8-5-4-6-9-19/h4-16,23,26H,17H2,1-3H3,(H,25,28)/t23-/m1/s1. The molecule has 0 fully saturated rings. The lowest BCUT2D eigenvalue weighted by Crippen LogP contribution is -2.34. The maximum absolute atomic E-state index is 12.8. The van der Waals surface area contributed by atoms with Gasteiger partial charge in [0.05, 0.1) is 10.9 Å². The molecule has 0 bridgehead atoms. The molecule has 3 rings (SSSR count). The van der Waals surface area contributed by atoms with E-state index in [1.54, 1.807) is 24.3 Å². The monoisotopic (exact) mass is 437 g/mol. The first-order chi connectivity index (χ1) is 14.8. The average Bonchev–Trinajstić information content (AvgIpc) is 2.76. The molecule has 3 aromatic rings. The van der Waals surface area contributed by atoms with Gasteiger partial charge in [-0.3, -0.25) is 9.52 Å². The van der Waals surface area contributed by atoms with Crippen LogP contribution < -0.4 is 10.0 Å². The van der Waals surface area contributed by atoms with Gasteiger partial charge in [-0.15, -0.1) is 0 Å². The molecule has 0 aromatic heterocycles. The number of sulfonamides is 1. The third-order valence-electron chi connectivity index (χ3n) is 4.97. The lowest BCUT2D eigenvalue weighted by atomic mass is 10.1. The molecule has 6 nitrogen and oxygen atoms in total. The van der Waals surface area contributed by atoms with E-state index in [-0.39, 0.29) is 22.4 Å². The van der Waals surface area contributed by atoms with Crippen molar-refractivity contribution in [3.63, 3.8) is 0 Å². The number of aryl methyl sites for hydroxylation is 1. The zero-order valence-electron chi connectivity index (χ0n) is 17.9. The number of likely N-dealkylation sites (N-methyl/N-ethyl adjacent to an activating group) is 1. The highest BCUT2D eigenvalue weighted by Crippen LogP contribution is 2.19. The summed E-state index contributed by atoms with van der Waals surface area (Å²) in [5.74, 6) is -0.324. The van der Waals surface area contributed by atoms with Crippen molar-refractivity contribution in [1.29, 1.82) is 0 Å². The molecule has 162 valence electrons. The highest BCUT2D eigenvalue weighted by molar-refractivity contribution is 7.92. The summed E-state index contributed by atoms with van der Waals surface area (Å²) in [5.41, 5.74) is 2.88. The fourth-order valence-corrected chi connectivity index (χ4v) is 4.31. The van der Waals surface area contributed by atoms with Gasteiger partial charge in [0.1, 0.15) is 0 Å². The number of hydrogen-bond donors (Lipinski definition) is 2. The maximum Gasteiger partial charge on any atom is 0.261 e. The Balaban J connectivity index is 1.72. The normalized spacial score (nSPS) is 12.4. The summed E-state index contributed by atoms with van der Waals surface area (Å²) in [7, 11) is 0.0962. The molecular weight excluding hydrogens is 410 g/mol. The van der Waals surface area contributed by atoms with Gasteiger partial charge < -0.3 is 10.2 Å². The SMILES string of the molecule is Cc1ccc(NS(=O)(=O)c2cccc(C(=O)NC[C@H](c3ccccc3)N(C)C)c2)cc1. The van der Waals surface area contributed by atoms with Crippen molar-refractivity contribution in [2.45, 2.75) is 17.9 Å². The van der Waals surface area contributed by atoms with Crippen LogP contribution in [-0.2, 0) is 10.0 Å². The third kappa shape index (κ3) is 5.93. The molecule has 1 amide bonds. The molecule has 0 aliphatic carbocycles. The van der Waals surface area contributed by atoms with Gasteiger partial charge in [-0.05, 0) is 56.9 Å². The summed E-state index contributed by atoms with van der Waals surface area (Å²) in [5, 5.41) is 2.92.